The summed E-state index contributed by atoms with van der Waals surface area (Å²) in [6.07, 6.45) is -2.11. The van der Waals surface area contributed by atoms with Crippen molar-refractivity contribution < 1.29 is 23.1 Å². The van der Waals surface area contributed by atoms with Crippen LogP contribution in [0.25, 0.3) is 28.2 Å². The molecule has 3 aromatic heterocycles. The van der Waals surface area contributed by atoms with Gasteiger partial charge in [0.2, 0.25) is 0 Å². The van der Waals surface area contributed by atoms with E-state index in [0.717, 1.165) is 11.6 Å². The molecule has 194 valence electrons. The summed E-state index contributed by atoms with van der Waals surface area (Å²) in [6.45, 7) is 3.11. The fourth-order valence-corrected chi connectivity index (χ4v) is 4.37. The van der Waals surface area contributed by atoms with Gasteiger partial charge < -0.3 is 10.4 Å². The third kappa shape index (κ3) is 4.66. The number of alkyl halides is 3. The number of imidazole rings is 1. The molecule has 0 saturated heterocycles. The molecule has 38 heavy (non-hydrogen) atoms. The monoisotopic (exact) mass is 519 g/mol. The van der Waals surface area contributed by atoms with E-state index in [1.54, 1.807) is 42.9 Å². The minimum Gasteiger partial charge on any atom is -0.389 e. The Bertz CT molecular complexity index is 1650. The maximum absolute atomic E-state index is 13.9. The van der Waals surface area contributed by atoms with Crippen molar-refractivity contribution in [1.29, 1.82) is 0 Å². The number of aliphatic hydroxyl groups excluding tert-OH is 1. The molecular weight excluding hydrogens is 495 g/mol. The number of aromatic nitrogens is 4. The molecule has 0 bridgehead atoms. The first-order valence-electron chi connectivity index (χ1n) is 11.8. The van der Waals surface area contributed by atoms with Gasteiger partial charge in [0.25, 0.3) is 5.91 Å². The maximum atomic E-state index is 13.9. The van der Waals surface area contributed by atoms with Crippen molar-refractivity contribution in [2.24, 2.45) is 7.05 Å². The number of benzene rings is 2. The summed E-state index contributed by atoms with van der Waals surface area (Å²) >= 11 is 0. The van der Waals surface area contributed by atoms with Gasteiger partial charge in [0.15, 0.2) is 0 Å². The zero-order chi connectivity index (χ0) is 27.2. The molecule has 0 unspecified atom stereocenters. The number of hydrogen-bond donors (Lipinski definition) is 2. The van der Waals surface area contributed by atoms with Crippen LogP contribution in [0.2, 0.25) is 0 Å². The average molecular weight is 520 g/mol. The smallest absolute Gasteiger partial charge is 0.389 e. The number of aryl methyl sites for hydroxylation is 2. The average Bonchev–Trinajstić information content (AvgIpc) is 3.47. The van der Waals surface area contributed by atoms with Gasteiger partial charge in [-0.05, 0) is 55.3 Å². The summed E-state index contributed by atoms with van der Waals surface area (Å²) in [6, 6.07) is 16.3. The van der Waals surface area contributed by atoms with E-state index in [4.69, 9.17) is 0 Å². The number of nitrogens with zero attached hydrogens (tertiary/aromatic N) is 4. The van der Waals surface area contributed by atoms with Crippen LogP contribution in [0.5, 0.6) is 0 Å². The van der Waals surface area contributed by atoms with Crippen LogP contribution >= 0.6 is 0 Å². The molecule has 0 radical (unpaired) electrons. The first-order valence-corrected chi connectivity index (χ1v) is 11.8. The number of rotatable bonds is 5. The Morgan fingerprint density at radius 3 is 2.42 bits per heavy atom. The zero-order valence-electron chi connectivity index (χ0n) is 20.8. The van der Waals surface area contributed by atoms with Crippen LogP contribution in [0.1, 0.15) is 40.1 Å². The molecular formula is C28H24F3N5O2. The molecule has 0 spiro atoms. The number of amides is 1. The third-order valence-electron chi connectivity index (χ3n) is 6.32. The fraction of sp³-hybridized carbons (Fsp3) is 0.179. The first kappa shape index (κ1) is 25.2. The van der Waals surface area contributed by atoms with Crippen molar-refractivity contribution in [3.05, 3.63) is 95.3 Å². The van der Waals surface area contributed by atoms with Gasteiger partial charge in [-0.1, -0.05) is 30.3 Å². The Labute approximate surface area is 216 Å². The van der Waals surface area contributed by atoms with Gasteiger partial charge in [0.1, 0.15) is 17.2 Å². The van der Waals surface area contributed by atoms with E-state index in [0.29, 0.717) is 22.7 Å². The predicted octanol–water partition coefficient (Wildman–Crippen LogP) is 6.03. The minimum atomic E-state index is -4.63. The zero-order valence-corrected chi connectivity index (χ0v) is 20.8. The summed E-state index contributed by atoms with van der Waals surface area (Å²) in [5.74, 6) is -0.237. The number of carbonyl (C=O) groups is 1. The number of anilines is 1. The molecule has 0 aliphatic rings. The second-order valence-corrected chi connectivity index (χ2v) is 9.08. The standard InChI is InChI=1S/C28H24F3N5O2/c1-16-13-22(28(29,30)31)21(23-10-11-35(3)34-23)15-20(16)27(38)33-26-25(18-7-5-4-6-8-18)32-24-14-19(17(2)37)9-12-36(24)26/h4-15,17,37H,1-3H3,(H,33,38)/t17-/m1/s1. The van der Waals surface area contributed by atoms with Crippen LogP contribution in [0.4, 0.5) is 19.0 Å². The van der Waals surface area contributed by atoms with Crippen molar-refractivity contribution in [3.8, 4) is 22.5 Å². The quantitative estimate of drug-likeness (QED) is 0.297. The third-order valence-corrected chi connectivity index (χ3v) is 6.32. The highest BCUT2D eigenvalue weighted by atomic mass is 19.4. The van der Waals surface area contributed by atoms with Crippen LogP contribution in [-0.2, 0) is 13.2 Å². The fourth-order valence-electron chi connectivity index (χ4n) is 4.37. The van der Waals surface area contributed by atoms with E-state index >= 15 is 0 Å². The number of nitrogens with one attached hydrogen (secondary N) is 1. The Kier molecular flexibility index (Phi) is 6.28. The molecule has 10 heteroatoms. The van der Waals surface area contributed by atoms with E-state index in [2.05, 4.69) is 15.4 Å². The lowest BCUT2D eigenvalue weighted by Gasteiger charge is -2.16. The van der Waals surface area contributed by atoms with E-state index in [9.17, 15) is 23.1 Å². The predicted molar refractivity (Wildman–Crippen MR) is 138 cm³/mol. The van der Waals surface area contributed by atoms with Crippen molar-refractivity contribution in [2.75, 3.05) is 5.32 Å². The summed E-state index contributed by atoms with van der Waals surface area (Å²) in [4.78, 5) is 18.3. The first-order chi connectivity index (χ1) is 18.0. The van der Waals surface area contributed by atoms with Crippen molar-refractivity contribution in [2.45, 2.75) is 26.1 Å². The number of carbonyl (C=O) groups excluding carboxylic acids is 1. The van der Waals surface area contributed by atoms with Gasteiger partial charge >= 0.3 is 6.18 Å². The summed E-state index contributed by atoms with van der Waals surface area (Å²) in [5, 5.41) is 17.0. The molecule has 5 aromatic rings. The molecule has 2 N–H and O–H groups in total. The van der Waals surface area contributed by atoms with Crippen molar-refractivity contribution >= 4 is 17.4 Å². The lowest BCUT2D eigenvalue weighted by atomic mass is 9.96. The second kappa shape index (κ2) is 9.46. The largest absolute Gasteiger partial charge is 0.417 e. The van der Waals surface area contributed by atoms with Crippen LogP contribution < -0.4 is 5.32 Å². The second-order valence-electron chi connectivity index (χ2n) is 9.08. The molecule has 5 rings (SSSR count). The van der Waals surface area contributed by atoms with Gasteiger partial charge in [-0.15, -0.1) is 0 Å². The van der Waals surface area contributed by atoms with Gasteiger partial charge in [-0.2, -0.15) is 18.3 Å². The molecule has 1 atom stereocenters. The van der Waals surface area contributed by atoms with Crippen LogP contribution in [0.3, 0.4) is 0 Å². The molecule has 1 amide bonds. The summed E-state index contributed by atoms with van der Waals surface area (Å²) in [7, 11) is 1.61. The molecule has 0 fully saturated rings. The molecule has 0 saturated carbocycles. The van der Waals surface area contributed by atoms with E-state index in [1.165, 1.54) is 23.7 Å². The summed E-state index contributed by atoms with van der Waals surface area (Å²) in [5.41, 5.74) is 1.68. The number of pyridine rings is 1. The van der Waals surface area contributed by atoms with Gasteiger partial charge in [-0.25, -0.2) is 4.98 Å². The Morgan fingerprint density at radius 1 is 1.05 bits per heavy atom. The topological polar surface area (TPSA) is 84.5 Å². The van der Waals surface area contributed by atoms with Gasteiger partial charge in [0.05, 0.1) is 17.4 Å². The molecule has 0 aliphatic carbocycles. The van der Waals surface area contributed by atoms with Crippen LogP contribution in [-0.4, -0.2) is 30.2 Å². The van der Waals surface area contributed by atoms with Crippen molar-refractivity contribution in [1.82, 2.24) is 19.2 Å². The van der Waals surface area contributed by atoms with Gasteiger partial charge in [-0.3, -0.25) is 13.9 Å². The molecule has 7 nitrogen and oxygen atoms in total. The summed E-state index contributed by atoms with van der Waals surface area (Å²) < 4.78 is 44.8. The molecule has 3 heterocycles. The van der Waals surface area contributed by atoms with Gasteiger partial charge in [0, 0.05) is 36.1 Å². The molecule has 0 aliphatic heterocycles. The van der Waals surface area contributed by atoms with Crippen molar-refractivity contribution in [3.63, 3.8) is 0 Å². The normalized spacial score (nSPS) is 12.6. The van der Waals surface area contributed by atoms with E-state index in [1.807, 2.05) is 30.3 Å². The highest BCUT2D eigenvalue weighted by molar-refractivity contribution is 6.07. The Balaban J connectivity index is 1.63. The number of hydrogen-bond acceptors (Lipinski definition) is 4. The van der Waals surface area contributed by atoms with E-state index in [-0.39, 0.29) is 22.4 Å². The maximum Gasteiger partial charge on any atom is 0.417 e. The number of fused-ring (bicyclic) bond motifs is 1. The molecule has 2 aromatic carbocycles. The Hall–Kier alpha value is -4.44. The minimum absolute atomic E-state index is 0.0771. The number of halogens is 3. The lowest BCUT2D eigenvalue weighted by Crippen LogP contribution is -2.17. The lowest BCUT2D eigenvalue weighted by molar-refractivity contribution is -0.137. The van der Waals surface area contributed by atoms with E-state index < -0.39 is 23.8 Å². The highest BCUT2D eigenvalue weighted by Gasteiger charge is 2.35. The number of aliphatic hydroxyl groups is 1. The SMILES string of the molecule is Cc1cc(C(F)(F)F)c(-c2ccn(C)n2)cc1C(=O)Nc1c(-c2ccccc2)nc2cc([C@@H](C)O)ccn12. The highest BCUT2D eigenvalue weighted by Crippen LogP contribution is 2.39. The van der Waals surface area contributed by atoms with Crippen LogP contribution in [0, 0.1) is 6.92 Å². The van der Waals surface area contributed by atoms with Crippen LogP contribution in [0.15, 0.2) is 73.1 Å². The Morgan fingerprint density at radius 2 is 1.79 bits per heavy atom.